The largest absolute Gasteiger partial charge is 0.351 e. The first-order valence-corrected chi connectivity index (χ1v) is 11.2. The van der Waals surface area contributed by atoms with E-state index in [0.717, 1.165) is 16.7 Å². The number of nitriles is 1. The zero-order chi connectivity index (χ0) is 24.7. The molecule has 2 saturated heterocycles. The number of hydrogen-bond donors (Lipinski definition) is 0. The van der Waals surface area contributed by atoms with Crippen molar-refractivity contribution in [2.24, 2.45) is 0 Å². The Morgan fingerprint density at radius 1 is 1.06 bits per heavy atom. The second kappa shape index (κ2) is 8.47. The summed E-state index contributed by atoms with van der Waals surface area (Å²) in [6.45, 7) is 4.37. The molecule has 3 aromatic rings. The van der Waals surface area contributed by atoms with Gasteiger partial charge in [-0.2, -0.15) is 5.26 Å². The summed E-state index contributed by atoms with van der Waals surface area (Å²) in [6.07, 6.45) is 3.17. The number of benzene rings is 1. The molecular formula is C26H23FN6O2. The van der Waals surface area contributed by atoms with E-state index in [9.17, 15) is 14.0 Å². The average molecular weight is 471 g/mol. The van der Waals surface area contributed by atoms with Crippen LogP contribution in [0.5, 0.6) is 0 Å². The van der Waals surface area contributed by atoms with Crippen molar-refractivity contribution in [3.63, 3.8) is 0 Å². The molecule has 2 aliphatic rings. The van der Waals surface area contributed by atoms with Crippen molar-refractivity contribution < 1.29 is 14.0 Å². The highest BCUT2D eigenvalue weighted by atomic mass is 19.1. The Labute approximate surface area is 202 Å². The third-order valence-electron chi connectivity index (χ3n) is 6.56. The topological polar surface area (TPSA) is 93.4 Å². The van der Waals surface area contributed by atoms with Crippen molar-refractivity contribution in [3.05, 3.63) is 82.9 Å². The first kappa shape index (κ1) is 22.5. The lowest BCUT2D eigenvalue weighted by molar-refractivity contribution is -0.153. The molecule has 0 unspecified atom stereocenters. The minimum absolute atomic E-state index is 0.117. The van der Waals surface area contributed by atoms with E-state index in [1.54, 1.807) is 35.4 Å². The number of rotatable bonds is 4. The number of halogens is 1. The van der Waals surface area contributed by atoms with E-state index in [1.165, 1.54) is 23.2 Å². The smallest absolute Gasteiger partial charge is 0.258 e. The monoisotopic (exact) mass is 470 g/mol. The van der Waals surface area contributed by atoms with Gasteiger partial charge in [0, 0.05) is 18.9 Å². The fourth-order valence-corrected chi connectivity index (χ4v) is 4.76. The molecule has 2 amide bonds. The molecule has 8 nitrogen and oxygen atoms in total. The molecule has 0 aliphatic carbocycles. The number of anilines is 2. The molecule has 9 heteroatoms. The first-order valence-electron chi connectivity index (χ1n) is 11.2. The first-order chi connectivity index (χ1) is 16.8. The molecule has 1 aromatic carbocycles. The fourth-order valence-electron chi connectivity index (χ4n) is 4.76. The van der Waals surface area contributed by atoms with Gasteiger partial charge in [0.2, 0.25) is 5.91 Å². The number of pyridine rings is 2. The van der Waals surface area contributed by atoms with Crippen molar-refractivity contribution in [2.75, 3.05) is 29.4 Å². The summed E-state index contributed by atoms with van der Waals surface area (Å²) in [7, 11) is 0. The van der Waals surface area contributed by atoms with Crippen LogP contribution in [0.3, 0.4) is 0 Å². The van der Waals surface area contributed by atoms with Gasteiger partial charge in [-0.3, -0.25) is 14.5 Å². The fraction of sp³-hybridized carbons (Fsp3) is 0.269. The predicted octanol–water partition coefficient (Wildman–Crippen LogP) is 2.74. The molecule has 0 saturated carbocycles. The van der Waals surface area contributed by atoms with E-state index >= 15 is 0 Å². The van der Waals surface area contributed by atoms with Crippen molar-refractivity contribution in [2.45, 2.75) is 25.9 Å². The predicted molar refractivity (Wildman–Crippen MR) is 127 cm³/mol. The van der Waals surface area contributed by atoms with Crippen LogP contribution >= 0.6 is 0 Å². The van der Waals surface area contributed by atoms with Gasteiger partial charge in [0.25, 0.3) is 5.91 Å². The SMILES string of the molecule is Cc1cnc(N2CC(=O)N(Cc3ccc(F)cc3)C3(CN(c4ccc(C#N)cn4)C3)C2=O)c(C)c1. The van der Waals surface area contributed by atoms with Gasteiger partial charge < -0.3 is 9.80 Å². The quantitative estimate of drug-likeness (QED) is 0.582. The summed E-state index contributed by atoms with van der Waals surface area (Å²) < 4.78 is 13.4. The molecule has 35 heavy (non-hydrogen) atoms. The Bertz CT molecular complexity index is 1340. The Morgan fingerprint density at radius 3 is 2.43 bits per heavy atom. The van der Waals surface area contributed by atoms with Gasteiger partial charge in [0.1, 0.15) is 30.1 Å². The summed E-state index contributed by atoms with van der Waals surface area (Å²) in [5.74, 6) is 0.327. The minimum Gasteiger partial charge on any atom is -0.351 e. The normalized spacial score (nSPS) is 16.9. The lowest BCUT2D eigenvalue weighted by atomic mass is 9.83. The van der Waals surface area contributed by atoms with Crippen molar-refractivity contribution in [1.82, 2.24) is 14.9 Å². The number of carbonyl (C=O) groups excluding carboxylic acids is 2. The maximum Gasteiger partial charge on any atom is 0.258 e. The van der Waals surface area contributed by atoms with Gasteiger partial charge in [-0.1, -0.05) is 18.2 Å². The van der Waals surface area contributed by atoms with Gasteiger partial charge in [0.05, 0.1) is 18.7 Å². The van der Waals surface area contributed by atoms with Crippen molar-refractivity contribution >= 4 is 23.5 Å². The number of hydrogen-bond acceptors (Lipinski definition) is 6. The van der Waals surface area contributed by atoms with Crippen LogP contribution in [0.2, 0.25) is 0 Å². The molecule has 176 valence electrons. The number of nitrogens with zero attached hydrogens (tertiary/aromatic N) is 6. The molecule has 2 fully saturated rings. The van der Waals surface area contributed by atoms with E-state index in [4.69, 9.17) is 5.26 Å². The summed E-state index contributed by atoms with van der Waals surface area (Å²) in [5, 5.41) is 9.04. The third-order valence-corrected chi connectivity index (χ3v) is 6.56. The molecule has 0 radical (unpaired) electrons. The molecule has 0 atom stereocenters. The van der Waals surface area contributed by atoms with E-state index < -0.39 is 5.54 Å². The van der Waals surface area contributed by atoms with E-state index in [-0.39, 0.29) is 43.8 Å². The number of amides is 2. The van der Waals surface area contributed by atoms with Crippen LogP contribution in [0.1, 0.15) is 22.3 Å². The Hall–Kier alpha value is -4.32. The number of piperazine rings is 1. The van der Waals surface area contributed by atoms with Crippen LogP contribution in [0.15, 0.2) is 54.9 Å². The van der Waals surface area contributed by atoms with E-state index in [1.807, 2.05) is 30.9 Å². The second-order valence-corrected chi connectivity index (χ2v) is 9.06. The molecule has 4 heterocycles. The third kappa shape index (κ3) is 3.87. The van der Waals surface area contributed by atoms with Crippen LogP contribution in [0.4, 0.5) is 16.0 Å². The molecule has 5 rings (SSSR count). The molecule has 2 aromatic heterocycles. The lowest BCUT2D eigenvalue weighted by Crippen LogP contribution is -2.81. The Balaban J connectivity index is 1.49. The van der Waals surface area contributed by atoms with Gasteiger partial charge in [-0.25, -0.2) is 14.4 Å². The van der Waals surface area contributed by atoms with Crippen molar-refractivity contribution in [3.8, 4) is 6.07 Å². The van der Waals surface area contributed by atoms with Crippen LogP contribution in [0.25, 0.3) is 0 Å². The van der Waals surface area contributed by atoms with E-state index in [2.05, 4.69) is 9.97 Å². The van der Waals surface area contributed by atoms with Gasteiger partial charge in [-0.05, 0) is 54.8 Å². The molecule has 0 N–H and O–H groups in total. The highest BCUT2D eigenvalue weighted by Crippen LogP contribution is 2.38. The van der Waals surface area contributed by atoms with Crippen molar-refractivity contribution in [1.29, 1.82) is 5.26 Å². The van der Waals surface area contributed by atoms with Gasteiger partial charge in [0.15, 0.2) is 5.54 Å². The minimum atomic E-state index is -1.11. The maximum atomic E-state index is 14.0. The molecule has 2 aliphatic heterocycles. The highest BCUT2D eigenvalue weighted by molar-refractivity contribution is 6.10. The highest BCUT2D eigenvalue weighted by Gasteiger charge is 2.60. The molecular weight excluding hydrogens is 447 g/mol. The lowest BCUT2D eigenvalue weighted by Gasteiger charge is -2.58. The average Bonchev–Trinajstić information content (AvgIpc) is 2.82. The summed E-state index contributed by atoms with van der Waals surface area (Å²) >= 11 is 0. The Morgan fingerprint density at radius 2 is 1.80 bits per heavy atom. The number of aryl methyl sites for hydroxylation is 2. The van der Waals surface area contributed by atoms with Gasteiger partial charge in [-0.15, -0.1) is 0 Å². The molecule has 1 spiro atoms. The summed E-state index contributed by atoms with van der Waals surface area (Å²) in [4.78, 5) is 41.2. The van der Waals surface area contributed by atoms with Crippen LogP contribution < -0.4 is 9.80 Å². The number of aromatic nitrogens is 2. The summed E-state index contributed by atoms with van der Waals surface area (Å²) in [6, 6.07) is 13.3. The second-order valence-electron chi connectivity index (χ2n) is 9.06. The zero-order valence-electron chi connectivity index (χ0n) is 19.4. The van der Waals surface area contributed by atoms with Crippen LogP contribution in [-0.4, -0.2) is 51.9 Å². The van der Waals surface area contributed by atoms with Crippen LogP contribution in [-0.2, 0) is 16.1 Å². The molecule has 0 bridgehead atoms. The Kier molecular flexibility index (Phi) is 5.44. The number of carbonyl (C=O) groups is 2. The standard InChI is InChI=1S/C26H23FN6O2/c1-17-9-18(2)24(30-11-17)32-14-23(34)33(13-19-3-6-21(27)7-4-19)26(25(32)35)15-31(16-26)22-8-5-20(10-28)12-29-22/h3-9,11-12H,13-16H2,1-2H3. The van der Waals surface area contributed by atoms with E-state index in [0.29, 0.717) is 17.2 Å². The van der Waals surface area contributed by atoms with Crippen LogP contribution in [0, 0.1) is 31.0 Å². The van der Waals surface area contributed by atoms with Gasteiger partial charge >= 0.3 is 0 Å². The maximum absolute atomic E-state index is 14.0. The zero-order valence-corrected chi connectivity index (χ0v) is 19.4. The summed E-state index contributed by atoms with van der Waals surface area (Å²) in [5.41, 5.74) is 1.85.